The highest BCUT2D eigenvalue weighted by molar-refractivity contribution is 5.85. The third-order valence-corrected chi connectivity index (χ3v) is 4.66. The van der Waals surface area contributed by atoms with Crippen LogP contribution < -0.4 is 5.73 Å². The average molecular weight is 290 g/mol. The molecular weight excluding hydrogens is 262 g/mol. The summed E-state index contributed by atoms with van der Waals surface area (Å²) in [7, 11) is 2.22. The summed E-state index contributed by atoms with van der Waals surface area (Å²) in [6, 6.07) is 0.348. The van der Waals surface area contributed by atoms with Gasteiger partial charge in [-0.3, -0.25) is 4.79 Å². The molecule has 2 fully saturated rings. The Morgan fingerprint density at radius 2 is 1.95 bits per heavy atom. The standard InChI is InChI=1S/C14H27N3O.ClH/c1-10(2)13(15)14(18)17-8-6-12-11(9-17)5-4-7-16(12)3;/h10-13H,4-9,15H2,1-3H3;1H. The molecule has 2 N–H and O–H groups in total. The van der Waals surface area contributed by atoms with Crippen molar-refractivity contribution in [3.63, 3.8) is 0 Å². The van der Waals surface area contributed by atoms with Crippen LogP contribution in [0.2, 0.25) is 0 Å². The van der Waals surface area contributed by atoms with Crippen LogP contribution in [0.5, 0.6) is 0 Å². The second-order valence-corrected chi connectivity index (χ2v) is 6.29. The monoisotopic (exact) mass is 289 g/mol. The highest BCUT2D eigenvalue weighted by atomic mass is 35.5. The molecule has 2 aliphatic heterocycles. The van der Waals surface area contributed by atoms with Crippen molar-refractivity contribution in [2.75, 3.05) is 26.7 Å². The number of rotatable bonds is 2. The smallest absolute Gasteiger partial charge is 0.239 e. The van der Waals surface area contributed by atoms with Crippen molar-refractivity contribution in [3.05, 3.63) is 0 Å². The van der Waals surface area contributed by atoms with Gasteiger partial charge in [0, 0.05) is 19.1 Å². The number of nitrogens with two attached hydrogens (primary N) is 1. The van der Waals surface area contributed by atoms with Gasteiger partial charge < -0.3 is 15.5 Å². The van der Waals surface area contributed by atoms with Gasteiger partial charge in [-0.15, -0.1) is 12.4 Å². The lowest BCUT2D eigenvalue weighted by Gasteiger charge is -2.46. The van der Waals surface area contributed by atoms with Crippen LogP contribution in [0.25, 0.3) is 0 Å². The Morgan fingerprint density at radius 3 is 2.58 bits per heavy atom. The summed E-state index contributed by atoms with van der Waals surface area (Å²) in [4.78, 5) is 16.8. The molecule has 0 spiro atoms. The molecule has 2 heterocycles. The van der Waals surface area contributed by atoms with Gasteiger partial charge in [0.15, 0.2) is 0 Å². The lowest BCUT2D eigenvalue weighted by Crippen LogP contribution is -2.57. The highest BCUT2D eigenvalue weighted by Crippen LogP contribution is 2.29. The van der Waals surface area contributed by atoms with Gasteiger partial charge in [0.25, 0.3) is 0 Å². The predicted octanol–water partition coefficient (Wildman–Crippen LogP) is 1.33. The van der Waals surface area contributed by atoms with E-state index in [1.54, 1.807) is 0 Å². The van der Waals surface area contributed by atoms with Crippen LogP contribution in [0.15, 0.2) is 0 Å². The van der Waals surface area contributed by atoms with E-state index in [2.05, 4.69) is 11.9 Å². The van der Waals surface area contributed by atoms with Gasteiger partial charge in [0.05, 0.1) is 6.04 Å². The minimum atomic E-state index is -0.331. The third-order valence-electron chi connectivity index (χ3n) is 4.66. The fourth-order valence-electron chi connectivity index (χ4n) is 3.35. The first-order valence-corrected chi connectivity index (χ1v) is 7.25. The predicted molar refractivity (Wildman–Crippen MR) is 80.4 cm³/mol. The third kappa shape index (κ3) is 3.61. The van der Waals surface area contributed by atoms with Gasteiger partial charge in [-0.05, 0) is 44.7 Å². The van der Waals surface area contributed by atoms with E-state index >= 15 is 0 Å². The first kappa shape index (κ1) is 16.7. The fourth-order valence-corrected chi connectivity index (χ4v) is 3.35. The molecule has 3 atom stereocenters. The maximum atomic E-state index is 12.3. The zero-order chi connectivity index (χ0) is 13.3. The normalized spacial score (nSPS) is 29.6. The largest absolute Gasteiger partial charge is 0.341 e. The molecule has 0 aliphatic carbocycles. The summed E-state index contributed by atoms with van der Waals surface area (Å²) in [5.74, 6) is 1.03. The molecule has 1 amide bonds. The summed E-state index contributed by atoms with van der Waals surface area (Å²) in [5, 5.41) is 0. The summed E-state index contributed by atoms with van der Waals surface area (Å²) in [6.07, 6.45) is 3.63. The number of carbonyl (C=O) groups is 1. The van der Waals surface area contributed by atoms with Crippen LogP contribution in [0.1, 0.15) is 33.1 Å². The summed E-state index contributed by atoms with van der Waals surface area (Å²) >= 11 is 0. The number of nitrogens with zero attached hydrogens (tertiary/aromatic N) is 2. The van der Waals surface area contributed by atoms with Crippen molar-refractivity contribution < 1.29 is 4.79 Å². The molecule has 3 unspecified atom stereocenters. The number of halogens is 1. The van der Waals surface area contributed by atoms with E-state index in [4.69, 9.17) is 5.73 Å². The molecule has 4 nitrogen and oxygen atoms in total. The molecule has 0 aromatic heterocycles. The molecule has 19 heavy (non-hydrogen) atoms. The second kappa shape index (κ2) is 6.91. The number of fused-ring (bicyclic) bond motifs is 1. The van der Waals surface area contributed by atoms with Crippen LogP contribution in [-0.4, -0.2) is 54.5 Å². The van der Waals surface area contributed by atoms with Gasteiger partial charge in [-0.25, -0.2) is 0 Å². The van der Waals surface area contributed by atoms with E-state index in [-0.39, 0.29) is 30.3 Å². The molecule has 2 saturated heterocycles. The first-order chi connectivity index (χ1) is 8.50. The Labute approximate surface area is 123 Å². The summed E-state index contributed by atoms with van der Waals surface area (Å²) in [6.45, 7) is 7.03. The number of likely N-dealkylation sites (tertiary alicyclic amines) is 2. The minimum absolute atomic E-state index is 0. The lowest BCUT2D eigenvalue weighted by atomic mass is 9.84. The maximum absolute atomic E-state index is 12.3. The Morgan fingerprint density at radius 1 is 1.26 bits per heavy atom. The molecule has 5 heteroatoms. The Kier molecular flexibility index (Phi) is 6.09. The van der Waals surface area contributed by atoms with Crippen LogP contribution in [-0.2, 0) is 4.79 Å². The quantitative estimate of drug-likeness (QED) is 0.834. The van der Waals surface area contributed by atoms with Crippen molar-refractivity contribution in [2.45, 2.75) is 45.2 Å². The van der Waals surface area contributed by atoms with Crippen molar-refractivity contribution in [1.82, 2.24) is 9.80 Å². The molecular formula is C14H28ClN3O. The zero-order valence-electron chi connectivity index (χ0n) is 12.3. The number of hydrogen-bond acceptors (Lipinski definition) is 3. The van der Waals surface area contributed by atoms with Crippen molar-refractivity contribution in [3.8, 4) is 0 Å². The number of piperidine rings is 2. The van der Waals surface area contributed by atoms with Crippen LogP contribution in [0, 0.1) is 11.8 Å². The van der Waals surface area contributed by atoms with Crippen LogP contribution in [0.3, 0.4) is 0 Å². The Balaban J connectivity index is 0.00000180. The van der Waals surface area contributed by atoms with E-state index in [1.165, 1.54) is 19.4 Å². The second-order valence-electron chi connectivity index (χ2n) is 6.29. The fraction of sp³-hybridized carbons (Fsp3) is 0.929. The first-order valence-electron chi connectivity index (χ1n) is 7.25. The molecule has 2 aliphatic rings. The summed E-state index contributed by atoms with van der Waals surface area (Å²) < 4.78 is 0. The van der Waals surface area contributed by atoms with Gasteiger partial charge in [0.1, 0.15) is 0 Å². The molecule has 2 rings (SSSR count). The van der Waals surface area contributed by atoms with Crippen molar-refractivity contribution in [1.29, 1.82) is 0 Å². The van der Waals surface area contributed by atoms with E-state index in [0.29, 0.717) is 12.0 Å². The van der Waals surface area contributed by atoms with Gasteiger partial charge >= 0.3 is 0 Å². The minimum Gasteiger partial charge on any atom is -0.341 e. The average Bonchev–Trinajstić information content (AvgIpc) is 2.36. The molecule has 0 radical (unpaired) electrons. The van der Waals surface area contributed by atoms with Gasteiger partial charge in [0.2, 0.25) is 5.91 Å². The van der Waals surface area contributed by atoms with E-state index in [9.17, 15) is 4.79 Å². The Hall–Kier alpha value is -0.320. The van der Waals surface area contributed by atoms with Gasteiger partial charge in [-0.1, -0.05) is 13.8 Å². The lowest BCUT2D eigenvalue weighted by molar-refractivity contribution is -0.137. The van der Waals surface area contributed by atoms with Crippen LogP contribution in [0.4, 0.5) is 0 Å². The van der Waals surface area contributed by atoms with Gasteiger partial charge in [-0.2, -0.15) is 0 Å². The van der Waals surface area contributed by atoms with E-state index in [0.717, 1.165) is 19.5 Å². The maximum Gasteiger partial charge on any atom is 0.239 e. The number of amides is 1. The summed E-state index contributed by atoms with van der Waals surface area (Å²) in [5.41, 5.74) is 5.98. The molecule has 112 valence electrons. The molecule has 0 saturated carbocycles. The van der Waals surface area contributed by atoms with Crippen LogP contribution >= 0.6 is 12.4 Å². The van der Waals surface area contributed by atoms with E-state index < -0.39 is 0 Å². The number of carbonyl (C=O) groups excluding carboxylic acids is 1. The van der Waals surface area contributed by atoms with E-state index in [1.807, 2.05) is 18.7 Å². The topological polar surface area (TPSA) is 49.6 Å². The molecule has 0 aromatic carbocycles. The number of hydrogen-bond donors (Lipinski definition) is 1. The molecule has 0 aromatic rings. The molecule has 0 bridgehead atoms. The van der Waals surface area contributed by atoms with Crippen molar-refractivity contribution >= 4 is 18.3 Å². The highest BCUT2D eigenvalue weighted by Gasteiger charge is 2.37. The van der Waals surface area contributed by atoms with Crippen molar-refractivity contribution in [2.24, 2.45) is 17.6 Å². The SMILES string of the molecule is CC(C)C(N)C(=O)N1CCC2C(CCCN2C)C1.Cl. The Bertz CT molecular complexity index is 311. The zero-order valence-corrected chi connectivity index (χ0v) is 13.2.